The second-order valence-corrected chi connectivity index (χ2v) is 5.51. The van der Waals surface area contributed by atoms with Crippen molar-refractivity contribution in [2.75, 3.05) is 11.4 Å². The normalized spacial score (nSPS) is 14.7. The van der Waals surface area contributed by atoms with Crippen molar-refractivity contribution >= 4 is 5.95 Å². The highest BCUT2D eigenvalue weighted by Gasteiger charge is 2.18. The van der Waals surface area contributed by atoms with Crippen molar-refractivity contribution < 1.29 is 0 Å². The lowest BCUT2D eigenvalue weighted by atomic mass is 10.0. The minimum absolute atomic E-state index is 0.778. The van der Waals surface area contributed by atoms with Crippen LogP contribution in [0.1, 0.15) is 42.8 Å². The zero-order chi connectivity index (χ0) is 14.7. The van der Waals surface area contributed by atoms with Gasteiger partial charge in [0, 0.05) is 13.1 Å². The maximum absolute atomic E-state index is 4.75. The Balaban J connectivity index is 1.90. The standard InChI is InChI=1S/C17H22N4/c1-3-15-16(4-2)19-20-17(18-15)21-11-7-10-13-8-5-6-9-14(13)12-21/h5-6,8-9H,3-4,7,10-12H2,1-2H3. The SMILES string of the molecule is CCc1nnc(N2CCCc3ccccc3C2)nc1CC. The van der Waals surface area contributed by atoms with E-state index in [4.69, 9.17) is 4.98 Å². The first-order valence-electron chi connectivity index (χ1n) is 7.86. The molecule has 1 aliphatic heterocycles. The summed E-state index contributed by atoms with van der Waals surface area (Å²) in [4.78, 5) is 7.01. The molecule has 0 fully saturated rings. The Morgan fingerprint density at radius 3 is 2.52 bits per heavy atom. The first-order chi connectivity index (χ1) is 10.3. The van der Waals surface area contributed by atoms with E-state index in [1.54, 1.807) is 0 Å². The van der Waals surface area contributed by atoms with Gasteiger partial charge >= 0.3 is 0 Å². The van der Waals surface area contributed by atoms with E-state index in [0.29, 0.717) is 0 Å². The molecule has 0 radical (unpaired) electrons. The van der Waals surface area contributed by atoms with Crippen molar-refractivity contribution in [2.24, 2.45) is 0 Å². The fourth-order valence-electron chi connectivity index (χ4n) is 2.93. The molecule has 4 heteroatoms. The van der Waals surface area contributed by atoms with Gasteiger partial charge in [0.1, 0.15) is 0 Å². The molecule has 0 N–H and O–H groups in total. The van der Waals surface area contributed by atoms with Crippen LogP contribution in [-0.4, -0.2) is 21.7 Å². The summed E-state index contributed by atoms with van der Waals surface area (Å²) in [5.74, 6) is 0.778. The quantitative estimate of drug-likeness (QED) is 0.868. The predicted octanol–water partition coefficient (Wildman–Crippen LogP) is 2.95. The molecule has 1 aliphatic rings. The van der Waals surface area contributed by atoms with Gasteiger partial charge in [-0.05, 0) is 36.8 Å². The number of nitrogens with zero attached hydrogens (tertiary/aromatic N) is 4. The van der Waals surface area contributed by atoms with Crippen LogP contribution in [0.25, 0.3) is 0 Å². The molecular formula is C17H22N4. The molecule has 21 heavy (non-hydrogen) atoms. The fraction of sp³-hybridized carbons (Fsp3) is 0.471. The number of anilines is 1. The first kappa shape index (κ1) is 14.0. The Kier molecular flexibility index (Phi) is 4.13. The molecule has 0 bridgehead atoms. The van der Waals surface area contributed by atoms with Gasteiger partial charge in [0.15, 0.2) is 0 Å². The molecule has 0 saturated heterocycles. The van der Waals surface area contributed by atoms with E-state index < -0.39 is 0 Å². The topological polar surface area (TPSA) is 41.9 Å². The highest BCUT2D eigenvalue weighted by molar-refractivity contribution is 5.37. The maximum atomic E-state index is 4.75. The lowest BCUT2D eigenvalue weighted by molar-refractivity contribution is 0.709. The maximum Gasteiger partial charge on any atom is 0.245 e. The van der Waals surface area contributed by atoms with E-state index in [1.807, 2.05) is 0 Å². The Labute approximate surface area is 126 Å². The third-order valence-electron chi connectivity index (χ3n) is 4.13. The summed E-state index contributed by atoms with van der Waals surface area (Å²) in [6.07, 6.45) is 4.08. The summed E-state index contributed by atoms with van der Waals surface area (Å²) in [6.45, 7) is 6.11. The molecule has 110 valence electrons. The van der Waals surface area contributed by atoms with E-state index >= 15 is 0 Å². The van der Waals surface area contributed by atoms with E-state index in [1.165, 1.54) is 11.1 Å². The number of aromatic nitrogens is 3. The Morgan fingerprint density at radius 1 is 1.00 bits per heavy atom. The van der Waals surface area contributed by atoms with Gasteiger partial charge in [-0.1, -0.05) is 38.1 Å². The summed E-state index contributed by atoms with van der Waals surface area (Å²) < 4.78 is 0. The molecule has 0 amide bonds. The molecule has 0 spiro atoms. The van der Waals surface area contributed by atoms with Crippen molar-refractivity contribution in [3.05, 3.63) is 46.8 Å². The number of rotatable bonds is 3. The summed E-state index contributed by atoms with van der Waals surface area (Å²) in [6, 6.07) is 8.68. The van der Waals surface area contributed by atoms with Gasteiger partial charge in [0.2, 0.25) is 5.95 Å². The van der Waals surface area contributed by atoms with Crippen LogP contribution in [0.15, 0.2) is 24.3 Å². The minimum Gasteiger partial charge on any atom is -0.335 e. The molecular weight excluding hydrogens is 260 g/mol. The van der Waals surface area contributed by atoms with Gasteiger partial charge in [-0.25, -0.2) is 4.98 Å². The Morgan fingerprint density at radius 2 is 1.76 bits per heavy atom. The van der Waals surface area contributed by atoms with Crippen molar-refractivity contribution in [1.82, 2.24) is 15.2 Å². The molecule has 0 saturated carbocycles. The van der Waals surface area contributed by atoms with Gasteiger partial charge < -0.3 is 4.90 Å². The van der Waals surface area contributed by atoms with E-state index in [2.05, 4.69) is 53.2 Å². The lowest BCUT2D eigenvalue weighted by Crippen LogP contribution is -2.26. The predicted molar refractivity (Wildman–Crippen MR) is 84.4 cm³/mol. The van der Waals surface area contributed by atoms with Crippen molar-refractivity contribution in [1.29, 1.82) is 0 Å². The van der Waals surface area contributed by atoms with E-state index in [9.17, 15) is 0 Å². The number of hydrogen-bond acceptors (Lipinski definition) is 4. The van der Waals surface area contributed by atoms with Gasteiger partial charge in [-0.2, -0.15) is 5.10 Å². The van der Waals surface area contributed by atoms with Crippen molar-refractivity contribution in [2.45, 2.75) is 46.1 Å². The van der Waals surface area contributed by atoms with Crippen LogP contribution in [-0.2, 0) is 25.8 Å². The summed E-state index contributed by atoms with van der Waals surface area (Å²) in [5.41, 5.74) is 4.95. The molecule has 3 rings (SSSR count). The molecule has 1 aromatic carbocycles. The van der Waals surface area contributed by atoms with E-state index in [0.717, 1.165) is 56.1 Å². The monoisotopic (exact) mass is 282 g/mol. The minimum atomic E-state index is 0.778. The molecule has 0 unspecified atom stereocenters. The van der Waals surface area contributed by atoms with Crippen LogP contribution >= 0.6 is 0 Å². The zero-order valence-corrected chi connectivity index (χ0v) is 12.8. The molecule has 0 aliphatic carbocycles. The van der Waals surface area contributed by atoms with Crippen molar-refractivity contribution in [3.63, 3.8) is 0 Å². The second kappa shape index (κ2) is 6.20. The lowest BCUT2D eigenvalue weighted by Gasteiger charge is -2.21. The van der Waals surface area contributed by atoms with Gasteiger partial charge in [-0.3, -0.25) is 0 Å². The number of benzene rings is 1. The molecule has 4 nitrogen and oxygen atoms in total. The van der Waals surface area contributed by atoms with Crippen LogP contribution < -0.4 is 4.90 Å². The summed E-state index contributed by atoms with van der Waals surface area (Å²) >= 11 is 0. The van der Waals surface area contributed by atoms with Crippen LogP contribution in [0, 0.1) is 0 Å². The second-order valence-electron chi connectivity index (χ2n) is 5.51. The molecule has 0 atom stereocenters. The smallest absolute Gasteiger partial charge is 0.245 e. The average molecular weight is 282 g/mol. The molecule has 1 aromatic heterocycles. The average Bonchev–Trinajstić information content (AvgIpc) is 2.76. The third-order valence-corrected chi connectivity index (χ3v) is 4.13. The van der Waals surface area contributed by atoms with Crippen molar-refractivity contribution in [3.8, 4) is 0 Å². The zero-order valence-electron chi connectivity index (χ0n) is 12.8. The summed E-state index contributed by atoms with van der Waals surface area (Å²) in [5, 5.41) is 8.74. The molecule has 2 aromatic rings. The fourth-order valence-corrected chi connectivity index (χ4v) is 2.93. The number of hydrogen-bond donors (Lipinski definition) is 0. The van der Waals surface area contributed by atoms with Crippen LogP contribution in [0.4, 0.5) is 5.95 Å². The first-order valence-corrected chi connectivity index (χ1v) is 7.86. The highest BCUT2D eigenvalue weighted by Crippen LogP contribution is 2.21. The van der Waals surface area contributed by atoms with Gasteiger partial charge in [0.05, 0.1) is 11.4 Å². The Bertz CT molecular complexity index is 624. The largest absolute Gasteiger partial charge is 0.335 e. The summed E-state index contributed by atoms with van der Waals surface area (Å²) in [7, 11) is 0. The van der Waals surface area contributed by atoms with Gasteiger partial charge in [0.25, 0.3) is 0 Å². The van der Waals surface area contributed by atoms with Gasteiger partial charge in [-0.15, -0.1) is 5.10 Å². The van der Waals surface area contributed by atoms with Crippen LogP contribution in [0.5, 0.6) is 0 Å². The number of aryl methyl sites for hydroxylation is 3. The highest BCUT2D eigenvalue weighted by atomic mass is 15.3. The molecule has 2 heterocycles. The van der Waals surface area contributed by atoms with Crippen LogP contribution in [0.2, 0.25) is 0 Å². The number of fused-ring (bicyclic) bond motifs is 1. The Hall–Kier alpha value is -1.97. The van der Waals surface area contributed by atoms with E-state index in [-0.39, 0.29) is 0 Å². The third kappa shape index (κ3) is 2.89. The van der Waals surface area contributed by atoms with Crippen LogP contribution in [0.3, 0.4) is 0 Å².